The lowest BCUT2D eigenvalue weighted by atomic mass is 10.0. The molecule has 110 valence electrons. The fraction of sp³-hybridized carbons (Fsp3) is 0.818. The zero-order chi connectivity index (χ0) is 14.5. The number of hydrogen-bond donors (Lipinski definition) is 2. The molecule has 0 spiro atoms. The average molecular weight is 292 g/mol. The van der Waals surface area contributed by atoms with E-state index in [-0.39, 0.29) is 18.7 Å². The molecular weight excluding hydrogens is 272 g/mol. The van der Waals surface area contributed by atoms with Gasteiger partial charge in [0.25, 0.3) is 0 Å². The molecule has 0 unspecified atom stereocenters. The summed E-state index contributed by atoms with van der Waals surface area (Å²) in [4.78, 5) is 22.3. The summed E-state index contributed by atoms with van der Waals surface area (Å²) in [6.07, 6.45) is 1.86. The zero-order valence-electron chi connectivity index (χ0n) is 11.0. The van der Waals surface area contributed by atoms with Gasteiger partial charge in [0.15, 0.2) is 0 Å². The van der Waals surface area contributed by atoms with E-state index in [1.165, 1.54) is 4.31 Å². The van der Waals surface area contributed by atoms with E-state index in [9.17, 15) is 18.0 Å². The number of carboxylic acid groups (broad SMARTS) is 1. The topological polar surface area (TPSA) is 104 Å². The van der Waals surface area contributed by atoms with E-state index in [1.54, 1.807) is 6.92 Å². The van der Waals surface area contributed by atoms with Gasteiger partial charge in [0.05, 0.1) is 12.2 Å². The van der Waals surface area contributed by atoms with Crippen molar-refractivity contribution < 1.29 is 23.1 Å². The molecular formula is C11H20N2O5S. The molecule has 0 bridgehead atoms. The van der Waals surface area contributed by atoms with Crippen molar-refractivity contribution in [1.82, 2.24) is 9.62 Å². The number of hydrogen-bond acceptors (Lipinski definition) is 4. The molecule has 1 heterocycles. The first-order valence-corrected chi connectivity index (χ1v) is 7.98. The first-order chi connectivity index (χ1) is 8.88. The molecule has 7 nitrogen and oxygen atoms in total. The molecule has 1 atom stereocenters. The van der Waals surface area contributed by atoms with E-state index in [0.717, 1.165) is 12.8 Å². The first-order valence-electron chi connectivity index (χ1n) is 6.37. The Hall–Kier alpha value is -1.15. The quantitative estimate of drug-likeness (QED) is 0.704. The molecule has 0 aromatic carbocycles. The van der Waals surface area contributed by atoms with Crippen LogP contribution in [0, 0.1) is 0 Å². The summed E-state index contributed by atoms with van der Waals surface area (Å²) >= 11 is 0. The molecule has 0 radical (unpaired) electrons. The van der Waals surface area contributed by atoms with Crippen LogP contribution in [-0.2, 0) is 19.6 Å². The summed E-state index contributed by atoms with van der Waals surface area (Å²) in [5.74, 6) is -1.44. The van der Waals surface area contributed by atoms with E-state index in [0.29, 0.717) is 13.0 Å². The van der Waals surface area contributed by atoms with Crippen LogP contribution >= 0.6 is 0 Å². The summed E-state index contributed by atoms with van der Waals surface area (Å²) in [5.41, 5.74) is 0. The molecule has 1 aliphatic heterocycles. The van der Waals surface area contributed by atoms with Gasteiger partial charge in [-0.1, -0.05) is 6.42 Å². The predicted octanol–water partition coefficient (Wildman–Crippen LogP) is -0.218. The smallest absolute Gasteiger partial charge is 0.305 e. The molecule has 2 N–H and O–H groups in total. The second kappa shape index (κ2) is 6.85. The lowest BCUT2D eigenvalue weighted by molar-refractivity contribution is -0.137. The highest BCUT2D eigenvalue weighted by Gasteiger charge is 2.35. The van der Waals surface area contributed by atoms with Gasteiger partial charge in [-0.2, -0.15) is 4.31 Å². The number of nitrogens with one attached hydrogen (secondary N) is 1. The van der Waals surface area contributed by atoms with Crippen LogP contribution in [0.4, 0.5) is 0 Å². The minimum atomic E-state index is -3.40. The number of carbonyl (C=O) groups excluding carboxylic acids is 1. The normalized spacial score (nSPS) is 21.0. The fourth-order valence-corrected chi connectivity index (χ4v) is 3.40. The molecule has 1 rings (SSSR count). The van der Waals surface area contributed by atoms with Crippen LogP contribution in [0.1, 0.15) is 32.6 Å². The van der Waals surface area contributed by atoms with E-state index < -0.39 is 27.9 Å². The van der Waals surface area contributed by atoms with Gasteiger partial charge in [0.1, 0.15) is 6.04 Å². The van der Waals surface area contributed by atoms with Gasteiger partial charge in [-0.15, -0.1) is 0 Å². The lowest BCUT2D eigenvalue weighted by Crippen LogP contribution is -2.52. The Labute approximate surface area is 113 Å². The van der Waals surface area contributed by atoms with E-state index >= 15 is 0 Å². The van der Waals surface area contributed by atoms with Crippen LogP contribution < -0.4 is 5.32 Å². The molecule has 1 aliphatic rings. The third-order valence-corrected chi connectivity index (χ3v) is 5.00. The van der Waals surface area contributed by atoms with Crippen molar-refractivity contribution in [2.75, 3.05) is 18.8 Å². The van der Waals surface area contributed by atoms with Gasteiger partial charge < -0.3 is 10.4 Å². The van der Waals surface area contributed by atoms with Crippen molar-refractivity contribution in [3.8, 4) is 0 Å². The summed E-state index contributed by atoms with van der Waals surface area (Å²) < 4.78 is 25.0. The van der Waals surface area contributed by atoms with Crippen LogP contribution in [-0.4, -0.2) is 54.6 Å². The molecule has 0 aliphatic carbocycles. The highest BCUT2D eigenvalue weighted by Crippen LogP contribution is 2.20. The number of piperidine rings is 1. The molecule has 1 amide bonds. The molecule has 1 saturated heterocycles. The van der Waals surface area contributed by atoms with Crippen LogP contribution in [0.3, 0.4) is 0 Å². The maximum Gasteiger partial charge on any atom is 0.305 e. The third kappa shape index (κ3) is 4.46. The Balaban J connectivity index is 2.66. The predicted molar refractivity (Wildman–Crippen MR) is 69.1 cm³/mol. The van der Waals surface area contributed by atoms with Gasteiger partial charge >= 0.3 is 5.97 Å². The van der Waals surface area contributed by atoms with Crippen molar-refractivity contribution in [1.29, 1.82) is 0 Å². The highest BCUT2D eigenvalue weighted by molar-refractivity contribution is 7.89. The maximum absolute atomic E-state index is 11.9. The van der Waals surface area contributed by atoms with E-state index in [1.807, 2.05) is 0 Å². The zero-order valence-corrected chi connectivity index (χ0v) is 11.8. The average Bonchev–Trinajstić information content (AvgIpc) is 2.38. The van der Waals surface area contributed by atoms with Crippen molar-refractivity contribution in [2.24, 2.45) is 0 Å². The molecule has 0 aromatic heterocycles. The van der Waals surface area contributed by atoms with Gasteiger partial charge in [-0.25, -0.2) is 8.42 Å². The van der Waals surface area contributed by atoms with Crippen LogP contribution in [0.15, 0.2) is 0 Å². The van der Waals surface area contributed by atoms with Crippen LogP contribution in [0.2, 0.25) is 0 Å². The molecule has 0 aromatic rings. The Bertz CT molecular complexity index is 434. The summed E-state index contributed by atoms with van der Waals surface area (Å²) in [6, 6.07) is -0.701. The number of rotatable bonds is 6. The lowest BCUT2D eigenvalue weighted by Gasteiger charge is -2.33. The number of carboxylic acids is 1. The molecule has 0 saturated carbocycles. The van der Waals surface area contributed by atoms with Crippen molar-refractivity contribution in [2.45, 2.75) is 38.6 Å². The van der Waals surface area contributed by atoms with Gasteiger partial charge in [-0.05, 0) is 19.8 Å². The molecule has 8 heteroatoms. The summed E-state index contributed by atoms with van der Waals surface area (Å²) in [7, 11) is -3.40. The number of sulfonamides is 1. The number of nitrogens with zero attached hydrogens (tertiary/aromatic N) is 1. The Morgan fingerprint density at radius 1 is 1.37 bits per heavy atom. The minimum Gasteiger partial charge on any atom is -0.481 e. The number of aliphatic carboxylic acids is 1. The van der Waals surface area contributed by atoms with Crippen LogP contribution in [0.25, 0.3) is 0 Å². The van der Waals surface area contributed by atoms with Crippen LogP contribution in [0.5, 0.6) is 0 Å². The Morgan fingerprint density at radius 3 is 2.63 bits per heavy atom. The SMILES string of the molecule is CCS(=O)(=O)N1CCCC[C@@H]1C(=O)NCCC(=O)O. The van der Waals surface area contributed by atoms with Gasteiger partial charge in [-0.3, -0.25) is 9.59 Å². The standard InChI is InChI=1S/C11H20N2O5S/c1-2-19(17,18)13-8-4-3-5-9(13)11(16)12-7-6-10(14)15/h9H,2-8H2,1H3,(H,12,16)(H,14,15)/t9-/m1/s1. The van der Waals surface area contributed by atoms with Crippen molar-refractivity contribution in [3.63, 3.8) is 0 Å². The Kier molecular flexibility index (Phi) is 5.74. The van der Waals surface area contributed by atoms with Crippen molar-refractivity contribution >= 4 is 21.9 Å². The number of amides is 1. The van der Waals surface area contributed by atoms with E-state index in [2.05, 4.69) is 5.32 Å². The van der Waals surface area contributed by atoms with Crippen molar-refractivity contribution in [3.05, 3.63) is 0 Å². The number of carbonyl (C=O) groups is 2. The second-order valence-corrected chi connectivity index (χ2v) is 6.67. The Morgan fingerprint density at radius 2 is 2.05 bits per heavy atom. The second-order valence-electron chi connectivity index (χ2n) is 4.46. The largest absolute Gasteiger partial charge is 0.481 e. The third-order valence-electron chi connectivity index (χ3n) is 3.12. The summed E-state index contributed by atoms with van der Waals surface area (Å²) in [5, 5.41) is 11.0. The minimum absolute atomic E-state index is 0.0185. The van der Waals surface area contributed by atoms with Gasteiger partial charge in [0, 0.05) is 13.1 Å². The first kappa shape index (κ1) is 15.9. The molecule has 1 fully saturated rings. The fourth-order valence-electron chi connectivity index (χ4n) is 2.08. The summed E-state index contributed by atoms with van der Waals surface area (Å²) in [6.45, 7) is 1.92. The maximum atomic E-state index is 11.9. The van der Waals surface area contributed by atoms with Gasteiger partial charge in [0.2, 0.25) is 15.9 Å². The highest BCUT2D eigenvalue weighted by atomic mass is 32.2. The van der Waals surface area contributed by atoms with E-state index in [4.69, 9.17) is 5.11 Å². The monoisotopic (exact) mass is 292 g/mol. The molecule has 19 heavy (non-hydrogen) atoms.